The van der Waals surface area contributed by atoms with E-state index in [1.165, 1.54) is 0 Å². The maximum Gasteiger partial charge on any atom is 0.305 e. The summed E-state index contributed by atoms with van der Waals surface area (Å²) in [5.74, 6) is -0.706. The van der Waals surface area contributed by atoms with Crippen molar-refractivity contribution in [3.05, 3.63) is 51.9 Å². The smallest absolute Gasteiger partial charge is 0.305 e. The fraction of sp³-hybridized carbons (Fsp3) is 0.312. The number of rotatable bonds is 6. The van der Waals surface area contributed by atoms with Crippen molar-refractivity contribution in [1.82, 2.24) is 10.5 Å². The Bertz CT molecular complexity index is 690. The van der Waals surface area contributed by atoms with Crippen molar-refractivity contribution < 1.29 is 19.2 Å². The Morgan fingerprint density at radius 1 is 1.30 bits per heavy atom. The van der Waals surface area contributed by atoms with Gasteiger partial charge in [0.25, 0.3) is 0 Å². The van der Waals surface area contributed by atoms with Crippen molar-refractivity contribution in [1.29, 1.82) is 0 Å². The normalized spacial score (nSPS) is 12.0. The molecule has 0 aliphatic carbocycles. The fourth-order valence-corrected chi connectivity index (χ4v) is 2.41. The molecule has 6 nitrogen and oxygen atoms in total. The molecule has 0 unspecified atom stereocenters. The summed E-state index contributed by atoms with van der Waals surface area (Å²) < 4.78 is 5.02. The Hall–Kier alpha value is -2.34. The number of nitrogens with one attached hydrogen (secondary N) is 1. The summed E-state index contributed by atoms with van der Waals surface area (Å²) in [5.41, 5.74) is 2.05. The second kappa shape index (κ2) is 7.28. The van der Waals surface area contributed by atoms with Crippen LogP contribution in [0, 0.1) is 13.8 Å². The molecule has 0 aliphatic heterocycles. The molecule has 0 spiro atoms. The number of carboxylic acid groups (broad SMARTS) is 1. The molecule has 0 radical (unpaired) electrons. The van der Waals surface area contributed by atoms with Gasteiger partial charge < -0.3 is 14.9 Å². The molecule has 0 bridgehead atoms. The number of aliphatic carboxylic acids is 1. The molecule has 122 valence electrons. The van der Waals surface area contributed by atoms with E-state index in [9.17, 15) is 9.59 Å². The number of benzene rings is 1. The number of hydrogen-bond donors (Lipinski definition) is 2. The van der Waals surface area contributed by atoms with E-state index in [2.05, 4.69) is 10.5 Å². The molecular formula is C16H17ClN2O4. The minimum absolute atomic E-state index is 0.0882. The van der Waals surface area contributed by atoms with Crippen molar-refractivity contribution in [2.45, 2.75) is 32.7 Å². The molecule has 1 atom stereocenters. The highest BCUT2D eigenvalue weighted by atomic mass is 35.5. The van der Waals surface area contributed by atoms with E-state index in [0.717, 1.165) is 0 Å². The van der Waals surface area contributed by atoms with Gasteiger partial charge in [0.1, 0.15) is 5.76 Å². The largest absolute Gasteiger partial charge is 0.481 e. The Labute approximate surface area is 138 Å². The van der Waals surface area contributed by atoms with Gasteiger partial charge in [-0.3, -0.25) is 9.59 Å². The van der Waals surface area contributed by atoms with Crippen LogP contribution in [-0.4, -0.2) is 22.1 Å². The lowest BCUT2D eigenvalue weighted by Gasteiger charge is -2.17. The van der Waals surface area contributed by atoms with Crippen molar-refractivity contribution in [3.8, 4) is 0 Å². The molecule has 0 aliphatic rings. The minimum atomic E-state index is -0.998. The number of aryl methyl sites for hydroxylation is 2. The van der Waals surface area contributed by atoms with Crippen LogP contribution in [0.25, 0.3) is 0 Å². The predicted molar refractivity (Wildman–Crippen MR) is 84.3 cm³/mol. The van der Waals surface area contributed by atoms with Gasteiger partial charge in [-0.1, -0.05) is 28.9 Å². The Morgan fingerprint density at radius 2 is 1.96 bits per heavy atom. The summed E-state index contributed by atoms with van der Waals surface area (Å²) in [6, 6.07) is 6.09. The first-order chi connectivity index (χ1) is 10.9. The molecule has 1 aromatic heterocycles. The maximum absolute atomic E-state index is 12.2. The summed E-state index contributed by atoms with van der Waals surface area (Å²) >= 11 is 5.84. The lowest BCUT2D eigenvalue weighted by Crippen LogP contribution is -2.31. The summed E-state index contributed by atoms with van der Waals surface area (Å²) in [5, 5.41) is 16.1. The van der Waals surface area contributed by atoms with Crippen LogP contribution in [0.5, 0.6) is 0 Å². The lowest BCUT2D eigenvalue weighted by atomic mass is 10.0. The van der Waals surface area contributed by atoms with Crippen LogP contribution in [0.15, 0.2) is 28.8 Å². The summed E-state index contributed by atoms with van der Waals surface area (Å²) in [6.45, 7) is 3.49. The van der Waals surface area contributed by atoms with Gasteiger partial charge in [-0.25, -0.2) is 0 Å². The highest BCUT2D eigenvalue weighted by molar-refractivity contribution is 6.30. The quantitative estimate of drug-likeness (QED) is 0.846. The summed E-state index contributed by atoms with van der Waals surface area (Å²) in [6.07, 6.45) is -0.125. The second-order valence-corrected chi connectivity index (χ2v) is 5.69. The van der Waals surface area contributed by atoms with Crippen LogP contribution in [-0.2, 0) is 16.0 Å². The van der Waals surface area contributed by atoms with E-state index < -0.39 is 12.0 Å². The number of amides is 1. The maximum atomic E-state index is 12.2. The first kappa shape index (κ1) is 17.0. The average molecular weight is 337 g/mol. The van der Waals surface area contributed by atoms with Crippen molar-refractivity contribution in [3.63, 3.8) is 0 Å². The molecular weight excluding hydrogens is 320 g/mol. The Balaban J connectivity index is 2.12. The number of carbonyl (C=O) groups is 2. The Kier molecular flexibility index (Phi) is 5.39. The van der Waals surface area contributed by atoms with Crippen LogP contribution < -0.4 is 5.32 Å². The number of nitrogens with zero attached hydrogens (tertiary/aromatic N) is 1. The van der Waals surface area contributed by atoms with Crippen LogP contribution in [0.4, 0.5) is 0 Å². The molecule has 0 saturated carbocycles. The molecule has 0 fully saturated rings. The number of carbonyl (C=O) groups excluding carboxylic acids is 1. The first-order valence-corrected chi connectivity index (χ1v) is 7.43. The first-order valence-electron chi connectivity index (χ1n) is 7.05. The third kappa shape index (κ3) is 4.56. The van der Waals surface area contributed by atoms with Gasteiger partial charge >= 0.3 is 5.97 Å². The van der Waals surface area contributed by atoms with Crippen LogP contribution in [0.3, 0.4) is 0 Å². The highest BCUT2D eigenvalue weighted by Crippen LogP contribution is 2.20. The zero-order valence-electron chi connectivity index (χ0n) is 12.8. The third-order valence-electron chi connectivity index (χ3n) is 3.50. The topological polar surface area (TPSA) is 92.4 Å². The molecule has 0 saturated heterocycles. The Morgan fingerprint density at radius 3 is 2.48 bits per heavy atom. The fourth-order valence-electron chi connectivity index (χ4n) is 2.28. The standard InChI is InChI=1S/C16H17ClN2O4/c1-9-13(10(2)23-19-9)7-15(20)18-14(8-16(21)22)11-3-5-12(17)6-4-11/h3-6,14H,7-8H2,1-2H3,(H,18,20)(H,21,22)/t14-/m0/s1. The van der Waals surface area contributed by atoms with Crippen LogP contribution >= 0.6 is 11.6 Å². The van der Waals surface area contributed by atoms with Crippen molar-refractivity contribution in [2.24, 2.45) is 0 Å². The average Bonchev–Trinajstić information content (AvgIpc) is 2.79. The van der Waals surface area contributed by atoms with E-state index in [1.807, 2.05) is 0 Å². The van der Waals surface area contributed by atoms with E-state index in [-0.39, 0.29) is 18.7 Å². The molecule has 7 heteroatoms. The molecule has 1 heterocycles. The molecule has 2 N–H and O–H groups in total. The van der Waals surface area contributed by atoms with E-state index in [4.69, 9.17) is 21.2 Å². The van der Waals surface area contributed by atoms with Gasteiger partial charge in [0, 0.05) is 10.6 Å². The van der Waals surface area contributed by atoms with Gasteiger partial charge in [-0.15, -0.1) is 0 Å². The van der Waals surface area contributed by atoms with Gasteiger partial charge in [-0.05, 0) is 31.5 Å². The summed E-state index contributed by atoms with van der Waals surface area (Å²) in [7, 11) is 0. The number of aromatic nitrogens is 1. The molecule has 23 heavy (non-hydrogen) atoms. The van der Waals surface area contributed by atoms with Gasteiger partial charge in [0.15, 0.2) is 0 Å². The zero-order chi connectivity index (χ0) is 17.0. The minimum Gasteiger partial charge on any atom is -0.481 e. The number of carboxylic acids is 1. The van der Waals surface area contributed by atoms with Crippen LogP contribution in [0.2, 0.25) is 5.02 Å². The van der Waals surface area contributed by atoms with Crippen molar-refractivity contribution >= 4 is 23.5 Å². The monoisotopic (exact) mass is 336 g/mol. The second-order valence-electron chi connectivity index (χ2n) is 5.25. The SMILES string of the molecule is Cc1noc(C)c1CC(=O)N[C@@H](CC(=O)O)c1ccc(Cl)cc1. The molecule has 1 amide bonds. The highest BCUT2D eigenvalue weighted by Gasteiger charge is 2.20. The van der Waals surface area contributed by atoms with E-state index in [1.54, 1.807) is 38.1 Å². The molecule has 2 rings (SSSR count). The molecule has 1 aromatic carbocycles. The zero-order valence-corrected chi connectivity index (χ0v) is 13.6. The summed E-state index contributed by atoms with van der Waals surface area (Å²) in [4.78, 5) is 23.3. The van der Waals surface area contributed by atoms with Crippen LogP contribution in [0.1, 0.15) is 35.0 Å². The number of halogens is 1. The predicted octanol–water partition coefficient (Wildman–Crippen LogP) is 2.82. The van der Waals surface area contributed by atoms with Gasteiger partial charge in [0.05, 0.1) is 24.6 Å². The lowest BCUT2D eigenvalue weighted by molar-refractivity contribution is -0.137. The third-order valence-corrected chi connectivity index (χ3v) is 3.76. The number of hydrogen-bond acceptors (Lipinski definition) is 4. The van der Waals surface area contributed by atoms with Crippen molar-refractivity contribution in [2.75, 3.05) is 0 Å². The van der Waals surface area contributed by atoms with E-state index >= 15 is 0 Å². The molecule has 2 aromatic rings. The van der Waals surface area contributed by atoms with Gasteiger partial charge in [0.2, 0.25) is 5.91 Å². The van der Waals surface area contributed by atoms with Gasteiger partial charge in [-0.2, -0.15) is 0 Å². The van der Waals surface area contributed by atoms with E-state index in [0.29, 0.717) is 27.6 Å².